The minimum atomic E-state index is 0.963. The van der Waals surface area contributed by atoms with Gasteiger partial charge in [0.2, 0.25) is 0 Å². The highest BCUT2D eigenvalue weighted by Gasteiger charge is 2.07. The number of nitrogens with one attached hydrogen (secondary N) is 1. The molecule has 0 amide bonds. The van der Waals surface area contributed by atoms with Crippen molar-refractivity contribution < 1.29 is 0 Å². The van der Waals surface area contributed by atoms with Gasteiger partial charge in [0.1, 0.15) is 0 Å². The average molecular weight is 589 g/mol. The van der Waals surface area contributed by atoms with Crippen LogP contribution in [0.25, 0.3) is 0 Å². The second kappa shape index (κ2) is 11.1. The predicted molar refractivity (Wildman–Crippen MR) is 158 cm³/mol. The number of aliphatic imine (C=N–C) groups is 2. The summed E-state index contributed by atoms with van der Waals surface area (Å²) in [5, 5.41) is 3.59. The van der Waals surface area contributed by atoms with Gasteiger partial charge in [-0.05, 0) is 87.4 Å². The Balaban J connectivity index is 1.67. The van der Waals surface area contributed by atoms with Crippen LogP contribution >= 0.6 is 31.9 Å². The molecule has 0 unspecified atom stereocenters. The lowest BCUT2D eigenvalue weighted by Gasteiger charge is -2.13. The highest BCUT2D eigenvalue weighted by atomic mass is 79.9. The molecule has 0 spiro atoms. The number of nitrogens with zero attached hydrogens (tertiary/aromatic N) is 2. The first-order chi connectivity index (χ1) is 16.8. The molecule has 4 aromatic carbocycles. The van der Waals surface area contributed by atoms with Gasteiger partial charge in [-0.2, -0.15) is 0 Å². The fourth-order valence-corrected chi connectivity index (χ4v) is 4.59. The van der Waals surface area contributed by atoms with E-state index in [4.69, 9.17) is 9.98 Å². The molecule has 0 heterocycles. The Morgan fingerprint density at radius 1 is 0.571 bits per heavy atom. The van der Waals surface area contributed by atoms with Crippen LogP contribution in [0.15, 0.2) is 91.7 Å². The van der Waals surface area contributed by atoms with E-state index >= 15 is 0 Å². The van der Waals surface area contributed by atoms with Crippen LogP contribution in [-0.2, 0) is 0 Å². The van der Waals surface area contributed by atoms with Crippen LogP contribution in [0.2, 0.25) is 0 Å². The van der Waals surface area contributed by atoms with Crippen LogP contribution in [0, 0.1) is 27.7 Å². The van der Waals surface area contributed by atoms with Gasteiger partial charge in [-0.15, -0.1) is 0 Å². The first-order valence-corrected chi connectivity index (χ1v) is 13.0. The van der Waals surface area contributed by atoms with Crippen molar-refractivity contribution in [2.75, 3.05) is 5.32 Å². The van der Waals surface area contributed by atoms with Gasteiger partial charge < -0.3 is 5.32 Å². The minimum Gasteiger partial charge on any atom is -0.354 e. The third-order valence-electron chi connectivity index (χ3n) is 5.69. The molecule has 0 atom stereocenters. The van der Waals surface area contributed by atoms with Crippen LogP contribution in [0.1, 0.15) is 33.4 Å². The SMILES string of the molecule is Cc1ccc(N=Cc2cc(Br)ccc2Nc2ccc(Br)cc2C=Nc2ccc(C)cc2C)c(C)c1. The van der Waals surface area contributed by atoms with E-state index in [0.29, 0.717) is 0 Å². The Morgan fingerprint density at radius 3 is 1.40 bits per heavy atom. The molecular formula is C30H27Br2N3. The molecule has 5 heteroatoms. The third kappa shape index (κ3) is 6.56. The Bertz CT molecular complexity index is 1330. The quantitative estimate of drug-likeness (QED) is 0.224. The largest absolute Gasteiger partial charge is 0.354 e. The molecule has 0 aliphatic heterocycles. The summed E-state index contributed by atoms with van der Waals surface area (Å²) in [6, 6.07) is 24.9. The zero-order valence-electron chi connectivity index (χ0n) is 20.2. The number of aryl methyl sites for hydroxylation is 4. The van der Waals surface area contributed by atoms with E-state index in [2.05, 4.69) is 126 Å². The molecule has 35 heavy (non-hydrogen) atoms. The Hall–Kier alpha value is -3.02. The van der Waals surface area contributed by atoms with Gasteiger partial charge >= 0.3 is 0 Å². The molecule has 3 nitrogen and oxygen atoms in total. The maximum absolute atomic E-state index is 4.77. The standard InChI is InChI=1S/C30H27Br2N3/c1-19-5-9-27(21(3)13-19)33-17-23-15-25(31)7-11-29(23)35-30-12-8-26(32)16-24(30)18-34-28-10-6-20(2)14-22(28)4/h5-18,35H,1-4H3. The van der Waals surface area contributed by atoms with E-state index in [1.54, 1.807) is 0 Å². The molecule has 4 aromatic rings. The second-order valence-corrected chi connectivity index (χ2v) is 10.5. The molecule has 0 aromatic heterocycles. The minimum absolute atomic E-state index is 0.963. The van der Waals surface area contributed by atoms with Gasteiger partial charge in [0.05, 0.1) is 11.4 Å². The van der Waals surface area contributed by atoms with Crippen molar-refractivity contribution in [1.29, 1.82) is 0 Å². The van der Waals surface area contributed by atoms with E-state index in [9.17, 15) is 0 Å². The lowest BCUT2D eigenvalue weighted by atomic mass is 10.1. The van der Waals surface area contributed by atoms with Crippen molar-refractivity contribution in [3.05, 3.63) is 115 Å². The van der Waals surface area contributed by atoms with Gasteiger partial charge in [-0.3, -0.25) is 9.98 Å². The van der Waals surface area contributed by atoms with Crippen LogP contribution in [0.5, 0.6) is 0 Å². The number of anilines is 2. The molecular weight excluding hydrogens is 562 g/mol. The summed E-state index contributed by atoms with van der Waals surface area (Å²) in [5.41, 5.74) is 10.6. The van der Waals surface area contributed by atoms with Crippen LogP contribution in [0.4, 0.5) is 22.7 Å². The topological polar surface area (TPSA) is 36.8 Å². The van der Waals surface area contributed by atoms with Gasteiger partial charge in [-0.25, -0.2) is 0 Å². The van der Waals surface area contributed by atoms with Crippen molar-refractivity contribution in [3.8, 4) is 0 Å². The summed E-state index contributed by atoms with van der Waals surface area (Å²) >= 11 is 7.20. The molecule has 0 bridgehead atoms. The zero-order chi connectivity index (χ0) is 24.9. The fourth-order valence-electron chi connectivity index (χ4n) is 3.83. The molecule has 0 saturated heterocycles. The Morgan fingerprint density at radius 2 is 1.00 bits per heavy atom. The summed E-state index contributed by atoms with van der Waals surface area (Å²) in [6.45, 7) is 8.36. The van der Waals surface area contributed by atoms with E-state index in [1.807, 2.05) is 24.6 Å². The van der Waals surface area contributed by atoms with E-state index in [1.165, 1.54) is 11.1 Å². The van der Waals surface area contributed by atoms with Crippen LogP contribution in [-0.4, -0.2) is 12.4 Å². The molecule has 0 aliphatic rings. The van der Waals surface area contributed by atoms with Gasteiger partial charge in [-0.1, -0.05) is 67.3 Å². The maximum atomic E-state index is 4.77. The van der Waals surface area contributed by atoms with E-state index in [0.717, 1.165) is 53.9 Å². The van der Waals surface area contributed by atoms with Crippen LogP contribution in [0.3, 0.4) is 0 Å². The molecule has 0 aliphatic carbocycles. The van der Waals surface area contributed by atoms with Crippen LogP contribution < -0.4 is 5.32 Å². The Kier molecular flexibility index (Phi) is 7.99. The normalized spacial score (nSPS) is 11.5. The number of rotatable bonds is 6. The molecule has 0 fully saturated rings. The number of hydrogen-bond donors (Lipinski definition) is 1. The molecule has 0 saturated carbocycles. The zero-order valence-corrected chi connectivity index (χ0v) is 23.4. The highest BCUT2D eigenvalue weighted by Crippen LogP contribution is 2.29. The fraction of sp³-hybridized carbons (Fsp3) is 0.133. The number of benzene rings is 4. The van der Waals surface area contributed by atoms with Crippen molar-refractivity contribution in [1.82, 2.24) is 0 Å². The summed E-state index contributed by atoms with van der Waals surface area (Å²) in [7, 11) is 0. The lowest BCUT2D eigenvalue weighted by Crippen LogP contribution is -1.99. The summed E-state index contributed by atoms with van der Waals surface area (Å²) in [4.78, 5) is 9.54. The lowest BCUT2D eigenvalue weighted by molar-refractivity contribution is 1.35. The Labute approximate surface area is 224 Å². The molecule has 0 radical (unpaired) electrons. The molecule has 4 rings (SSSR count). The number of hydrogen-bond acceptors (Lipinski definition) is 3. The number of halogens is 2. The van der Waals surface area contributed by atoms with Crippen molar-refractivity contribution in [3.63, 3.8) is 0 Å². The molecule has 176 valence electrons. The predicted octanol–water partition coefficient (Wildman–Crippen LogP) is 9.69. The van der Waals surface area contributed by atoms with Crippen molar-refractivity contribution in [2.24, 2.45) is 9.98 Å². The smallest absolute Gasteiger partial charge is 0.0659 e. The summed E-state index contributed by atoms with van der Waals surface area (Å²) in [6.07, 6.45) is 3.82. The maximum Gasteiger partial charge on any atom is 0.0659 e. The average Bonchev–Trinajstić information content (AvgIpc) is 2.81. The van der Waals surface area contributed by atoms with Gasteiger partial charge in [0.15, 0.2) is 0 Å². The summed E-state index contributed by atoms with van der Waals surface area (Å²) in [5.74, 6) is 0. The first-order valence-electron chi connectivity index (χ1n) is 11.4. The highest BCUT2D eigenvalue weighted by molar-refractivity contribution is 9.10. The van der Waals surface area contributed by atoms with E-state index in [-0.39, 0.29) is 0 Å². The first kappa shape index (κ1) is 25.1. The van der Waals surface area contributed by atoms with E-state index < -0.39 is 0 Å². The monoisotopic (exact) mass is 587 g/mol. The van der Waals surface area contributed by atoms with Crippen molar-refractivity contribution in [2.45, 2.75) is 27.7 Å². The third-order valence-corrected chi connectivity index (χ3v) is 6.67. The van der Waals surface area contributed by atoms with Crippen molar-refractivity contribution >= 4 is 67.0 Å². The molecule has 1 N–H and O–H groups in total. The second-order valence-electron chi connectivity index (χ2n) is 8.68. The van der Waals surface area contributed by atoms with Gasteiger partial charge in [0.25, 0.3) is 0 Å². The van der Waals surface area contributed by atoms with Gasteiger partial charge in [0, 0.05) is 43.9 Å². The summed E-state index contributed by atoms with van der Waals surface area (Å²) < 4.78 is 2.00.